The average Bonchev–Trinajstić information content (AvgIpc) is 1.39. The molecule has 0 unspecified atom stereocenters. The molecule has 0 fully saturated rings. The van der Waals surface area contributed by atoms with Crippen molar-refractivity contribution in [3.8, 4) is 0 Å². The molecule has 0 rings (SSSR count). The van der Waals surface area contributed by atoms with Crippen molar-refractivity contribution in [1.29, 1.82) is 0 Å². The zero-order valence-electron chi connectivity index (χ0n) is 6.63. The van der Waals surface area contributed by atoms with Crippen LogP contribution in [0.15, 0.2) is 0 Å². The van der Waals surface area contributed by atoms with E-state index in [4.69, 9.17) is 15.8 Å². The Labute approximate surface area is 139 Å². The van der Waals surface area contributed by atoms with Crippen LogP contribution in [0.25, 0.3) is 0 Å². The molecule has 0 aromatic carbocycles. The molecule has 4 nitrogen and oxygen atoms in total. The van der Waals surface area contributed by atoms with E-state index >= 15 is 0 Å². The van der Waals surface area contributed by atoms with Crippen LogP contribution >= 0.6 is 0 Å². The molecule has 0 saturated carbocycles. The van der Waals surface area contributed by atoms with Crippen LogP contribution < -0.4 is 67.4 Å². The van der Waals surface area contributed by atoms with Gasteiger partial charge in [0, 0.05) is 0 Å². The van der Waals surface area contributed by atoms with Crippen molar-refractivity contribution in [1.82, 2.24) is 0 Å². The van der Waals surface area contributed by atoms with Gasteiger partial charge in [-0.05, 0) is 0 Å². The van der Waals surface area contributed by atoms with E-state index < -0.39 is 31.4 Å². The van der Waals surface area contributed by atoms with Gasteiger partial charge in [0.25, 0.3) is 0 Å². The van der Waals surface area contributed by atoms with E-state index in [2.05, 4.69) is 0 Å². The molecule has 48 valence electrons. The van der Waals surface area contributed by atoms with Crippen molar-refractivity contribution in [2.24, 2.45) is 0 Å². The SMILES string of the molecule is [GeH3].[GeH3].[Na+].[Na+].[O]=[Ge][O-].[O]=[Ge][O-]. The maximum atomic E-state index is 8.50. The molecule has 0 aliphatic heterocycles. The van der Waals surface area contributed by atoms with Crippen LogP contribution in [-0.4, -0.2) is 66.6 Å². The first-order chi connectivity index (χ1) is 2.83. The summed E-state index contributed by atoms with van der Waals surface area (Å²) in [5.74, 6) is 0. The third kappa shape index (κ3) is 108. The first-order valence-corrected chi connectivity index (χ1v) is 4.24. The zero-order valence-corrected chi connectivity index (χ0v) is 23.2. The van der Waals surface area contributed by atoms with Gasteiger partial charge in [-0.1, -0.05) is 0 Å². The maximum absolute atomic E-state index is 8.50. The Bertz CT molecular complexity index is 36.2. The van der Waals surface area contributed by atoms with Crippen molar-refractivity contribution in [2.45, 2.75) is 0 Å². The molecule has 0 spiro atoms. The molecule has 0 bridgehead atoms. The van der Waals surface area contributed by atoms with Crippen molar-refractivity contribution in [3.05, 3.63) is 0 Å². The standard InChI is InChI=1S/2GeO2.2GeH3.2Na/c2*2-1-3;;;;/h;;2*1H3;;/q2*-1;;;2*+1. The van der Waals surface area contributed by atoms with Gasteiger partial charge < -0.3 is 0 Å². The molecule has 0 aliphatic rings. The van der Waals surface area contributed by atoms with E-state index in [1.165, 1.54) is 0 Å². The van der Waals surface area contributed by atoms with E-state index in [1.807, 2.05) is 0 Å². The number of rotatable bonds is 0. The summed E-state index contributed by atoms with van der Waals surface area (Å²) in [7, 11) is 0. The third-order valence-corrected chi connectivity index (χ3v) is 0. The molecule has 10 heteroatoms. The molecule has 0 saturated heterocycles. The van der Waals surface area contributed by atoms with Crippen molar-refractivity contribution in [3.63, 3.8) is 0 Å². The van der Waals surface area contributed by atoms with Gasteiger partial charge in [0.1, 0.15) is 0 Å². The van der Waals surface area contributed by atoms with E-state index in [9.17, 15) is 0 Å². The Morgan fingerprint density at radius 1 is 0.800 bits per heavy atom. The molecule has 4 radical (unpaired) electrons. The second-order valence-electron chi connectivity index (χ2n) is 0.167. The first kappa shape index (κ1) is 37.7. The fourth-order valence-electron chi connectivity index (χ4n) is 0. The van der Waals surface area contributed by atoms with Gasteiger partial charge in [-0.15, -0.1) is 0 Å². The summed E-state index contributed by atoms with van der Waals surface area (Å²) in [5, 5.41) is 0. The molecule has 10 heavy (non-hydrogen) atoms. The van der Waals surface area contributed by atoms with Crippen LogP contribution in [0.4, 0.5) is 0 Å². The van der Waals surface area contributed by atoms with Gasteiger partial charge in [0.2, 0.25) is 0 Å². The predicted octanol–water partition coefficient (Wildman–Crippen LogP) is -11.7. The molecule has 0 amide bonds. The van der Waals surface area contributed by atoms with Crippen molar-refractivity contribution >= 4 is 66.6 Å². The van der Waals surface area contributed by atoms with E-state index in [0.717, 1.165) is 0 Å². The van der Waals surface area contributed by atoms with Gasteiger partial charge in [-0.3, -0.25) is 0 Å². The van der Waals surface area contributed by atoms with Crippen LogP contribution in [0.3, 0.4) is 0 Å². The van der Waals surface area contributed by atoms with Gasteiger partial charge in [0.15, 0.2) is 0 Å². The predicted molar refractivity (Wildman–Crippen MR) is 32.8 cm³/mol. The molecular weight excluding hydrogens is 400 g/mol. The monoisotopic (exact) mass is 412 g/mol. The summed E-state index contributed by atoms with van der Waals surface area (Å²) in [6.07, 6.45) is 0. The first-order valence-electron chi connectivity index (χ1n) is 0.816. The van der Waals surface area contributed by atoms with E-state index in [0.29, 0.717) is 0 Å². The van der Waals surface area contributed by atoms with Crippen LogP contribution in [0.5, 0.6) is 0 Å². The molecule has 0 aromatic rings. The fourth-order valence-corrected chi connectivity index (χ4v) is 0. The summed E-state index contributed by atoms with van der Waals surface area (Å²) < 4.78 is 34.0. The van der Waals surface area contributed by atoms with Gasteiger partial charge in [-0.2, -0.15) is 0 Å². The van der Waals surface area contributed by atoms with Crippen LogP contribution in [0.1, 0.15) is 0 Å². The third-order valence-electron chi connectivity index (χ3n) is 0. The number of hydrogen-bond donors (Lipinski definition) is 0. The molecule has 0 aliphatic carbocycles. The minimum atomic E-state index is -2.00. The minimum absolute atomic E-state index is 0. The van der Waals surface area contributed by atoms with Gasteiger partial charge >= 0.3 is 142 Å². The van der Waals surface area contributed by atoms with E-state index in [1.54, 1.807) is 0 Å². The Morgan fingerprint density at radius 2 is 0.800 bits per heavy atom. The summed E-state index contributed by atoms with van der Waals surface area (Å²) in [6, 6.07) is 0. The molecule has 0 aromatic heterocycles. The van der Waals surface area contributed by atoms with Crippen molar-refractivity contribution < 1.29 is 74.9 Å². The number of hydrogen-bond acceptors (Lipinski definition) is 4. The Kier molecular flexibility index (Phi) is 209. The fraction of sp³-hybridized carbons (Fsp3) is 0. The topological polar surface area (TPSA) is 80.3 Å². The van der Waals surface area contributed by atoms with E-state index in [-0.39, 0.29) is 94.3 Å². The van der Waals surface area contributed by atoms with Gasteiger partial charge in [0.05, 0.1) is 0 Å². The average molecular weight is 406 g/mol. The molecule has 0 atom stereocenters. The van der Waals surface area contributed by atoms with Gasteiger partial charge in [-0.25, -0.2) is 0 Å². The Balaban J connectivity index is -0.00000000571. The Hall–Kier alpha value is 3.37. The van der Waals surface area contributed by atoms with Crippen molar-refractivity contribution in [2.75, 3.05) is 0 Å². The van der Waals surface area contributed by atoms with Crippen LogP contribution in [-0.2, 0) is 7.56 Å². The molecular formula is H6Ge4Na2O4. The zero-order chi connectivity index (χ0) is 5.41. The Morgan fingerprint density at radius 3 is 0.800 bits per heavy atom. The summed E-state index contributed by atoms with van der Waals surface area (Å²) in [5.41, 5.74) is 0. The second-order valence-corrected chi connectivity index (χ2v) is 0.866. The summed E-state index contributed by atoms with van der Waals surface area (Å²) in [4.78, 5) is 0. The molecule has 0 N–H and O–H groups in total. The normalized spacial score (nSPS) is 2.40. The van der Waals surface area contributed by atoms with Crippen LogP contribution in [0, 0.1) is 0 Å². The summed E-state index contributed by atoms with van der Waals surface area (Å²) in [6.45, 7) is 0. The molecule has 0 heterocycles. The summed E-state index contributed by atoms with van der Waals surface area (Å²) >= 11 is -4.00. The quantitative estimate of drug-likeness (QED) is 0.374. The second kappa shape index (κ2) is 55.4. The van der Waals surface area contributed by atoms with Crippen LogP contribution in [0.2, 0.25) is 0 Å².